The molecule has 1 aromatic heterocycles. The van der Waals surface area contributed by atoms with Crippen LogP contribution in [0.3, 0.4) is 0 Å². The number of unbranched alkanes of at least 4 members (excludes halogenated alkanes) is 2. The molecule has 1 N–H and O–H groups in total. The lowest BCUT2D eigenvalue weighted by Gasteiger charge is -2.27. The molecule has 0 unspecified atom stereocenters. The van der Waals surface area contributed by atoms with E-state index in [9.17, 15) is 0 Å². The lowest BCUT2D eigenvalue weighted by atomic mass is 10.1. The van der Waals surface area contributed by atoms with Crippen LogP contribution in [0.5, 0.6) is 0 Å². The molecule has 1 saturated carbocycles. The van der Waals surface area contributed by atoms with Crippen LogP contribution in [0.25, 0.3) is 0 Å². The maximum Gasteiger partial charge on any atom is 0.117 e. The van der Waals surface area contributed by atoms with Gasteiger partial charge in [0.05, 0.1) is 12.8 Å². The van der Waals surface area contributed by atoms with Crippen LogP contribution >= 0.6 is 0 Å². The highest BCUT2D eigenvalue weighted by Gasteiger charge is 2.22. The topological polar surface area (TPSA) is 36.6 Å². The molecule has 1 heterocycles. The van der Waals surface area contributed by atoms with E-state index in [2.05, 4.69) is 11.0 Å². The van der Waals surface area contributed by atoms with Gasteiger partial charge in [-0.15, -0.1) is 0 Å². The van der Waals surface area contributed by atoms with Crippen molar-refractivity contribution in [2.45, 2.75) is 57.5 Å². The summed E-state index contributed by atoms with van der Waals surface area (Å²) in [5.74, 6) is 1.07. The molecule has 3 heteroatoms. The minimum atomic E-state index is 0.321. The van der Waals surface area contributed by atoms with Crippen LogP contribution in [0, 0.1) is 0 Å². The van der Waals surface area contributed by atoms with Crippen molar-refractivity contribution >= 4 is 0 Å². The number of hydrogen-bond donors (Lipinski definition) is 1. The van der Waals surface area contributed by atoms with Gasteiger partial charge in [-0.1, -0.05) is 12.8 Å². The molecule has 1 aromatic rings. The number of hydrogen-bond acceptors (Lipinski definition) is 3. The number of aliphatic hydroxyl groups is 1. The highest BCUT2D eigenvalue weighted by atomic mass is 16.3. The Balaban J connectivity index is 1.81. The number of nitrogens with zero attached hydrogens (tertiary/aromatic N) is 1. The standard InChI is InChI=1S/C15H25NO2/c17-11-5-1-4-10-16(14-7-2-3-8-14)13-15-9-6-12-18-15/h6,9,12,14,17H,1-5,7-8,10-11,13H2. The van der Waals surface area contributed by atoms with Gasteiger partial charge in [0, 0.05) is 12.6 Å². The molecule has 1 aliphatic carbocycles. The molecule has 0 spiro atoms. The van der Waals surface area contributed by atoms with Gasteiger partial charge < -0.3 is 9.52 Å². The molecule has 2 rings (SSSR count). The van der Waals surface area contributed by atoms with Crippen molar-refractivity contribution in [1.29, 1.82) is 0 Å². The van der Waals surface area contributed by atoms with E-state index in [1.54, 1.807) is 6.26 Å². The van der Waals surface area contributed by atoms with Crippen LogP contribution in [-0.4, -0.2) is 29.2 Å². The molecule has 0 amide bonds. The average molecular weight is 251 g/mol. The molecule has 18 heavy (non-hydrogen) atoms. The van der Waals surface area contributed by atoms with Crippen molar-refractivity contribution in [3.63, 3.8) is 0 Å². The third-order valence-electron chi connectivity index (χ3n) is 3.88. The Morgan fingerprint density at radius 2 is 2.06 bits per heavy atom. The maximum absolute atomic E-state index is 8.82. The first kappa shape index (κ1) is 13.6. The van der Waals surface area contributed by atoms with E-state index in [0.29, 0.717) is 6.61 Å². The summed E-state index contributed by atoms with van der Waals surface area (Å²) < 4.78 is 5.47. The first-order valence-electron chi connectivity index (χ1n) is 7.27. The van der Waals surface area contributed by atoms with Crippen molar-refractivity contribution in [2.75, 3.05) is 13.2 Å². The zero-order valence-electron chi connectivity index (χ0n) is 11.2. The number of aliphatic hydroxyl groups excluding tert-OH is 1. The summed E-state index contributed by atoms with van der Waals surface area (Å²) in [6.45, 7) is 2.39. The van der Waals surface area contributed by atoms with Crippen molar-refractivity contribution < 1.29 is 9.52 Å². The number of rotatable bonds is 8. The van der Waals surface area contributed by atoms with E-state index in [4.69, 9.17) is 9.52 Å². The highest BCUT2D eigenvalue weighted by molar-refractivity contribution is 4.98. The monoisotopic (exact) mass is 251 g/mol. The largest absolute Gasteiger partial charge is 0.468 e. The zero-order chi connectivity index (χ0) is 12.6. The van der Waals surface area contributed by atoms with Crippen LogP contribution < -0.4 is 0 Å². The van der Waals surface area contributed by atoms with Gasteiger partial charge in [-0.2, -0.15) is 0 Å². The van der Waals surface area contributed by atoms with Crippen LogP contribution in [0.2, 0.25) is 0 Å². The summed E-state index contributed by atoms with van der Waals surface area (Å²) in [7, 11) is 0. The molecule has 3 nitrogen and oxygen atoms in total. The van der Waals surface area contributed by atoms with Gasteiger partial charge in [-0.3, -0.25) is 4.90 Å². The summed E-state index contributed by atoms with van der Waals surface area (Å²) >= 11 is 0. The van der Waals surface area contributed by atoms with Crippen molar-refractivity contribution in [3.05, 3.63) is 24.2 Å². The quantitative estimate of drug-likeness (QED) is 0.721. The fraction of sp³-hybridized carbons (Fsp3) is 0.733. The molecular weight excluding hydrogens is 226 g/mol. The predicted octanol–water partition coefficient (Wildman–Crippen LogP) is 3.19. The van der Waals surface area contributed by atoms with E-state index in [0.717, 1.165) is 37.7 Å². The van der Waals surface area contributed by atoms with Gasteiger partial charge in [-0.25, -0.2) is 0 Å². The Labute approximate surface area is 110 Å². The molecule has 0 saturated heterocycles. The van der Waals surface area contributed by atoms with E-state index in [-0.39, 0.29) is 0 Å². The predicted molar refractivity (Wildman–Crippen MR) is 72.3 cm³/mol. The van der Waals surface area contributed by atoms with E-state index >= 15 is 0 Å². The number of furan rings is 1. The Bertz CT molecular complexity index is 304. The van der Waals surface area contributed by atoms with E-state index in [1.807, 2.05) is 6.07 Å². The first-order valence-corrected chi connectivity index (χ1v) is 7.27. The molecule has 1 aliphatic rings. The van der Waals surface area contributed by atoms with E-state index < -0.39 is 0 Å². The molecule has 0 atom stereocenters. The Morgan fingerprint density at radius 1 is 1.22 bits per heavy atom. The minimum Gasteiger partial charge on any atom is -0.468 e. The smallest absolute Gasteiger partial charge is 0.117 e. The molecule has 0 aliphatic heterocycles. The summed E-state index contributed by atoms with van der Waals surface area (Å²) in [6.07, 6.45) is 10.4. The van der Waals surface area contributed by atoms with Crippen molar-refractivity contribution in [2.24, 2.45) is 0 Å². The van der Waals surface area contributed by atoms with Gasteiger partial charge in [-0.05, 0) is 50.8 Å². The van der Waals surface area contributed by atoms with Crippen LogP contribution in [0.15, 0.2) is 22.8 Å². The lowest BCUT2D eigenvalue weighted by Crippen LogP contribution is -2.33. The van der Waals surface area contributed by atoms with Crippen LogP contribution in [0.1, 0.15) is 50.7 Å². The summed E-state index contributed by atoms with van der Waals surface area (Å²) in [5, 5.41) is 8.82. The van der Waals surface area contributed by atoms with Gasteiger partial charge in [0.1, 0.15) is 5.76 Å². The van der Waals surface area contributed by atoms with Gasteiger partial charge in [0.25, 0.3) is 0 Å². The third kappa shape index (κ3) is 4.14. The Hall–Kier alpha value is -0.800. The second-order valence-corrected chi connectivity index (χ2v) is 5.27. The molecule has 102 valence electrons. The maximum atomic E-state index is 8.82. The minimum absolute atomic E-state index is 0.321. The summed E-state index contributed by atoms with van der Waals surface area (Å²) in [5.41, 5.74) is 0. The third-order valence-corrected chi connectivity index (χ3v) is 3.88. The fourth-order valence-electron chi connectivity index (χ4n) is 2.87. The van der Waals surface area contributed by atoms with Crippen LogP contribution in [0.4, 0.5) is 0 Å². The Morgan fingerprint density at radius 3 is 2.72 bits per heavy atom. The fourth-order valence-corrected chi connectivity index (χ4v) is 2.87. The molecule has 1 fully saturated rings. The molecule has 0 radical (unpaired) electrons. The second-order valence-electron chi connectivity index (χ2n) is 5.27. The zero-order valence-corrected chi connectivity index (χ0v) is 11.2. The molecule has 0 bridgehead atoms. The first-order chi connectivity index (χ1) is 8.90. The second kappa shape index (κ2) is 7.59. The van der Waals surface area contributed by atoms with Gasteiger partial charge in [0.2, 0.25) is 0 Å². The SMILES string of the molecule is OCCCCCN(Cc1ccco1)C1CCCC1. The summed E-state index contributed by atoms with van der Waals surface area (Å²) in [6, 6.07) is 4.77. The summed E-state index contributed by atoms with van der Waals surface area (Å²) in [4.78, 5) is 2.57. The highest BCUT2D eigenvalue weighted by Crippen LogP contribution is 2.25. The molecule has 0 aromatic carbocycles. The molecular formula is C15H25NO2. The lowest BCUT2D eigenvalue weighted by molar-refractivity contribution is 0.170. The van der Waals surface area contributed by atoms with Crippen molar-refractivity contribution in [3.8, 4) is 0 Å². The van der Waals surface area contributed by atoms with Crippen molar-refractivity contribution in [1.82, 2.24) is 4.90 Å². The normalized spacial score (nSPS) is 16.8. The average Bonchev–Trinajstić information content (AvgIpc) is 3.05. The van der Waals surface area contributed by atoms with Gasteiger partial charge in [0.15, 0.2) is 0 Å². The van der Waals surface area contributed by atoms with Crippen LogP contribution in [-0.2, 0) is 6.54 Å². The van der Waals surface area contributed by atoms with Gasteiger partial charge >= 0.3 is 0 Å². The van der Waals surface area contributed by atoms with E-state index in [1.165, 1.54) is 32.1 Å². The Kier molecular flexibility index (Phi) is 5.75.